The minimum atomic E-state index is -0.346. The van der Waals surface area contributed by atoms with E-state index in [1.807, 2.05) is 37.3 Å². The van der Waals surface area contributed by atoms with Gasteiger partial charge in [0.15, 0.2) is 5.13 Å². The third kappa shape index (κ3) is 4.81. The predicted octanol–water partition coefficient (Wildman–Crippen LogP) is 6.69. The van der Waals surface area contributed by atoms with Crippen molar-refractivity contribution in [3.05, 3.63) is 82.5 Å². The molecule has 0 fully saturated rings. The molecular weight excluding hydrogens is 505 g/mol. The van der Waals surface area contributed by atoms with Gasteiger partial charge >= 0.3 is 0 Å². The molecule has 0 radical (unpaired) electrons. The van der Waals surface area contributed by atoms with Crippen LogP contribution in [-0.2, 0) is 0 Å². The van der Waals surface area contributed by atoms with E-state index in [0.29, 0.717) is 37.7 Å². The zero-order valence-corrected chi connectivity index (χ0v) is 20.9. The summed E-state index contributed by atoms with van der Waals surface area (Å²) in [6.07, 6.45) is 4.67. The third-order valence-corrected chi connectivity index (χ3v) is 6.63. The topological polar surface area (TPSA) is 89.9 Å². The Kier molecular flexibility index (Phi) is 6.34. The molecule has 5 rings (SSSR count). The number of nitrogens with one attached hydrogen (secondary N) is 1. The first kappa shape index (κ1) is 23.2. The van der Waals surface area contributed by atoms with Crippen LogP contribution >= 0.6 is 34.5 Å². The summed E-state index contributed by atoms with van der Waals surface area (Å²) in [6.45, 7) is 1.85. The zero-order valence-electron chi connectivity index (χ0n) is 18.5. The number of carbonyl (C=O) groups is 1. The van der Waals surface area contributed by atoms with Crippen molar-refractivity contribution >= 4 is 55.8 Å². The molecule has 1 N–H and O–H groups in total. The summed E-state index contributed by atoms with van der Waals surface area (Å²) >= 11 is 13.5. The van der Waals surface area contributed by atoms with Crippen molar-refractivity contribution in [2.24, 2.45) is 0 Å². The molecular formula is C25H17Cl2N5O2S. The number of halogens is 2. The Morgan fingerprint density at radius 3 is 2.60 bits per heavy atom. The summed E-state index contributed by atoms with van der Waals surface area (Å²) in [5, 5.41) is 4.24. The molecule has 1 aromatic carbocycles. The largest absolute Gasteiger partial charge is 0.494 e. The summed E-state index contributed by atoms with van der Waals surface area (Å²) in [5.41, 5.74) is 4.89. The Labute approximate surface area is 214 Å². The number of thiazole rings is 1. The first-order valence-corrected chi connectivity index (χ1v) is 12.0. The number of ether oxygens (including phenoxy) is 1. The van der Waals surface area contributed by atoms with Gasteiger partial charge in [-0.15, -0.1) is 0 Å². The van der Waals surface area contributed by atoms with Gasteiger partial charge in [-0.2, -0.15) is 0 Å². The number of carbonyl (C=O) groups excluding carboxylic acids is 1. The Bertz CT molecular complexity index is 1570. The van der Waals surface area contributed by atoms with Crippen molar-refractivity contribution in [3.63, 3.8) is 0 Å². The van der Waals surface area contributed by atoms with Crippen LogP contribution in [-0.4, -0.2) is 33.0 Å². The second kappa shape index (κ2) is 9.58. The number of amides is 1. The van der Waals surface area contributed by atoms with Crippen molar-refractivity contribution in [1.82, 2.24) is 19.9 Å². The molecule has 0 spiro atoms. The van der Waals surface area contributed by atoms with Crippen molar-refractivity contribution in [1.29, 1.82) is 0 Å². The molecule has 10 heteroatoms. The number of aromatic nitrogens is 4. The number of hydrogen-bond donors (Lipinski definition) is 1. The fourth-order valence-corrected chi connectivity index (χ4v) is 4.77. The van der Waals surface area contributed by atoms with Gasteiger partial charge in [-0.05, 0) is 43.3 Å². The van der Waals surface area contributed by atoms with E-state index in [1.165, 1.54) is 30.8 Å². The number of rotatable bonds is 5. The Morgan fingerprint density at radius 2 is 1.83 bits per heavy atom. The Balaban J connectivity index is 1.48. The van der Waals surface area contributed by atoms with Gasteiger partial charge in [-0.25, -0.2) is 9.97 Å². The molecule has 4 aromatic heterocycles. The number of fused-ring (bicyclic) bond motifs is 1. The monoisotopic (exact) mass is 521 g/mol. The van der Waals surface area contributed by atoms with Crippen molar-refractivity contribution in [3.8, 4) is 28.1 Å². The molecule has 0 aliphatic carbocycles. The summed E-state index contributed by atoms with van der Waals surface area (Å²) in [7, 11) is 1.54. The molecule has 1 amide bonds. The molecule has 0 unspecified atom stereocenters. The van der Waals surface area contributed by atoms with E-state index >= 15 is 0 Å². The summed E-state index contributed by atoms with van der Waals surface area (Å²) in [6, 6.07) is 13.0. The van der Waals surface area contributed by atoms with Gasteiger partial charge < -0.3 is 4.74 Å². The van der Waals surface area contributed by atoms with Crippen LogP contribution in [0.1, 0.15) is 16.1 Å². The van der Waals surface area contributed by atoms with Crippen molar-refractivity contribution in [2.45, 2.75) is 6.92 Å². The summed E-state index contributed by atoms with van der Waals surface area (Å²) in [5.74, 6) is 0.151. The van der Waals surface area contributed by atoms with E-state index in [0.717, 1.165) is 27.2 Å². The lowest BCUT2D eigenvalue weighted by Gasteiger charge is -2.13. The standard InChI is InChI=1S/C25H17Cl2N5O2S/c1-13-7-16(17-9-23(27)30-12-21(17)34-2)18(11-28-13)24(33)32-25-31-20-5-3-14(8-22(20)35-25)19-6-4-15(26)10-29-19/h3-12H,1-2H3,(H,31,32,33). The SMILES string of the molecule is COc1cnc(Cl)cc1-c1cc(C)ncc1C(=O)Nc1nc2ccc(-c3ccc(Cl)cn3)cc2s1. The van der Waals surface area contributed by atoms with Gasteiger partial charge in [-0.1, -0.05) is 40.6 Å². The smallest absolute Gasteiger partial charge is 0.259 e. The Hall–Kier alpha value is -3.59. The maximum atomic E-state index is 13.3. The molecule has 0 atom stereocenters. The highest BCUT2D eigenvalue weighted by Gasteiger charge is 2.19. The van der Waals surface area contributed by atoms with Crippen molar-refractivity contribution < 1.29 is 9.53 Å². The summed E-state index contributed by atoms with van der Waals surface area (Å²) < 4.78 is 6.36. The number of methoxy groups -OCH3 is 1. The van der Waals surface area contributed by atoms with Crippen LogP contribution < -0.4 is 10.1 Å². The number of nitrogens with zero attached hydrogens (tertiary/aromatic N) is 4. The average molecular weight is 522 g/mol. The molecule has 0 aliphatic rings. The molecule has 0 aliphatic heterocycles. The average Bonchev–Trinajstić information content (AvgIpc) is 3.25. The molecule has 5 aromatic rings. The van der Waals surface area contributed by atoms with Gasteiger partial charge in [0.1, 0.15) is 10.9 Å². The summed E-state index contributed by atoms with van der Waals surface area (Å²) in [4.78, 5) is 30.6. The number of pyridine rings is 3. The fraction of sp³-hybridized carbons (Fsp3) is 0.0800. The maximum absolute atomic E-state index is 13.3. The maximum Gasteiger partial charge on any atom is 0.259 e. The molecule has 35 heavy (non-hydrogen) atoms. The molecule has 0 saturated carbocycles. The minimum Gasteiger partial charge on any atom is -0.494 e. The van der Waals surface area contributed by atoms with E-state index in [1.54, 1.807) is 18.3 Å². The van der Waals surface area contributed by atoms with Gasteiger partial charge in [0.2, 0.25) is 0 Å². The normalized spacial score (nSPS) is 11.0. The number of benzene rings is 1. The van der Waals surface area contributed by atoms with Gasteiger partial charge in [-0.3, -0.25) is 20.1 Å². The predicted molar refractivity (Wildman–Crippen MR) is 140 cm³/mol. The van der Waals surface area contributed by atoms with Crippen LogP contribution in [0.5, 0.6) is 5.75 Å². The van der Waals surface area contributed by atoms with E-state index < -0.39 is 0 Å². The number of hydrogen-bond acceptors (Lipinski definition) is 7. The number of aryl methyl sites for hydroxylation is 1. The molecule has 4 heterocycles. The zero-order chi connectivity index (χ0) is 24.5. The van der Waals surface area contributed by atoms with Crippen LogP contribution in [0.2, 0.25) is 10.2 Å². The first-order valence-electron chi connectivity index (χ1n) is 10.4. The quantitative estimate of drug-likeness (QED) is 0.259. The van der Waals surface area contributed by atoms with Crippen LogP contribution in [0.3, 0.4) is 0 Å². The van der Waals surface area contributed by atoms with E-state index in [-0.39, 0.29) is 5.91 Å². The van der Waals surface area contributed by atoms with Gasteiger partial charge in [0.25, 0.3) is 5.91 Å². The lowest BCUT2D eigenvalue weighted by Crippen LogP contribution is -2.14. The van der Waals surface area contributed by atoms with Crippen LogP contribution in [0, 0.1) is 6.92 Å². The van der Waals surface area contributed by atoms with E-state index in [9.17, 15) is 4.79 Å². The molecule has 174 valence electrons. The second-order valence-electron chi connectivity index (χ2n) is 7.60. The third-order valence-electron chi connectivity index (χ3n) is 5.26. The lowest BCUT2D eigenvalue weighted by atomic mass is 10.0. The molecule has 7 nitrogen and oxygen atoms in total. The highest BCUT2D eigenvalue weighted by molar-refractivity contribution is 7.22. The van der Waals surface area contributed by atoms with Gasteiger partial charge in [0, 0.05) is 34.8 Å². The van der Waals surface area contributed by atoms with Crippen LogP contribution in [0.4, 0.5) is 5.13 Å². The van der Waals surface area contributed by atoms with Gasteiger partial charge in [0.05, 0.1) is 39.8 Å². The molecule has 0 bridgehead atoms. The fourth-order valence-electron chi connectivity index (χ4n) is 3.60. The molecule has 0 saturated heterocycles. The second-order valence-corrected chi connectivity index (χ2v) is 9.45. The number of anilines is 1. The lowest BCUT2D eigenvalue weighted by molar-refractivity contribution is 0.102. The highest BCUT2D eigenvalue weighted by atomic mass is 35.5. The van der Waals surface area contributed by atoms with E-state index in [4.69, 9.17) is 27.9 Å². The van der Waals surface area contributed by atoms with Crippen LogP contribution in [0.25, 0.3) is 32.6 Å². The highest BCUT2D eigenvalue weighted by Crippen LogP contribution is 2.35. The van der Waals surface area contributed by atoms with Crippen molar-refractivity contribution in [2.75, 3.05) is 12.4 Å². The van der Waals surface area contributed by atoms with Crippen LogP contribution in [0.15, 0.2) is 61.1 Å². The minimum absolute atomic E-state index is 0.291. The van der Waals surface area contributed by atoms with E-state index in [2.05, 4.69) is 25.3 Å². The Morgan fingerprint density at radius 1 is 0.971 bits per heavy atom. The first-order chi connectivity index (χ1) is 16.9.